The first kappa shape index (κ1) is 17.3. The van der Waals surface area contributed by atoms with Gasteiger partial charge in [0.2, 0.25) is 0 Å². The Labute approximate surface area is 136 Å². The van der Waals surface area contributed by atoms with Gasteiger partial charge >= 0.3 is 5.97 Å². The van der Waals surface area contributed by atoms with E-state index in [1.54, 1.807) is 12.1 Å². The molecule has 122 valence electrons. The maximum Gasteiger partial charge on any atom is 0.305 e. The van der Waals surface area contributed by atoms with Crippen molar-refractivity contribution in [3.63, 3.8) is 0 Å². The minimum atomic E-state index is -3.31. The highest BCUT2D eigenvalue weighted by atomic mass is 35.5. The Morgan fingerprint density at radius 2 is 2.09 bits per heavy atom. The Hall–Kier alpha value is -1.07. The third-order valence-electron chi connectivity index (χ3n) is 4.39. The van der Waals surface area contributed by atoms with E-state index in [4.69, 9.17) is 16.3 Å². The first-order valence-corrected chi connectivity index (χ1v) is 9.66. The number of hydrogen-bond acceptors (Lipinski definition) is 4. The summed E-state index contributed by atoms with van der Waals surface area (Å²) in [7, 11) is -1.90. The normalized spacial score (nSPS) is 21.8. The predicted octanol–water partition coefficient (Wildman–Crippen LogP) is 3.58. The molecule has 2 unspecified atom stereocenters. The molecule has 2 rings (SSSR count). The largest absolute Gasteiger partial charge is 0.469 e. The zero-order valence-corrected chi connectivity index (χ0v) is 14.4. The van der Waals surface area contributed by atoms with E-state index in [9.17, 15) is 13.2 Å². The number of hydrogen-bond donors (Lipinski definition) is 0. The number of ether oxygens (including phenoxy) is 1. The third-order valence-corrected chi connectivity index (χ3v) is 5.97. The Morgan fingerprint density at radius 1 is 1.36 bits per heavy atom. The molecule has 1 fully saturated rings. The zero-order valence-electron chi connectivity index (χ0n) is 12.8. The van der Waals surface area contributed by atoms with Gasteiger partial charge in [-0.25, -0.2) is 8.42 Å². The predicted molar refractivity (Wildman–Crippen MR) is 85.9 cm³/mol. The number of carbonyl (C=O) groups excluding carboxylic acids is 1. The van der Waals surface area contributed by atoms with Crippen LogP contribution in [0.5, 0.6) is 0 Å². The van der Waals surface area contributed by atoms with Crippen LogP contribution in [-0.4, -0.2) is 27.8 Å². The first-order valence-electron chi connectivity index (χ1n) is 7.39. The van der Waals surface area contributed by atoms with Crippen LogP contribution in [-0.2, 0) is 19.4 Å². The number of sulfone groups is 1. The van der Waals surface area contributed by atoms with Crippen molar-refractivity contribution in [1.29, 1.82) is 0 Å². The van der Waals surface area contributed by atoms with Gasteiger partial charge in [0, 0.05) is 12.7 Å². The summed E-state index contributed by atoms with van der Waals surface area (Å²) < 4.78 is 27.9. The lowest BCUT2D eigenvalue weighted by molar-refractivity contribution is -0.140. The van der Waals surface area contributed by atoms with E-state index in [1.165, 1.54) is 7.11 Å². The SMILES string of the molecule is COC(=O)CCC1CCCC1c1ccc(S(C)(=O)=O)c(Cl)c1. The molecular formula is C16H21ClO4S. The molecule has 22 heavy (non-hydrogen) atoms. The van der Waals surface area contributed by atoms with Crippen LogP contribution in [0.4, 0.5) is 0 Å². The third kappa shape index (κ3) is 4.02. The Bertz CT molecular complexity index is 654. The molecule has 0 aromatic heterocycles. The number of benzene rings is 1. The van der Waals surface area contributed by atoms with E-state index in [-0.39, 0.29) is 15.9 Å². The molecular weight excluding hydrogens is 324 g/mol. The van der Waals surface area contributed by atoms with E-state index in [2.05, 4.69) is 0 Å². The van der Waals surface area contributed by atoms with Gasteiger partial charge in [-0.3, -0.25) is 4.79 Å². The monoisotopic (exact) mass is 344 g/mol. The minimum Gasteiger partial charge on any atom is -0.469 e. The van der Waals surface area contributed by atoms with Crippen LogP contribution in [0.1, 0.15) is 43.6 Å². The maximum atomic E-state index is 11.6. The van der Waals surface area contributed by atoms with Crippen LogP contribution < -0.4 is 0 Å². The van der Waals surface area contributed by atoms with Gasteiger partial charge in [0.05, 0.1) is 17.0 Å². The second-order valence-corrected chi connectivity index (χ2v) is 8.27. The van der Waals surface area contributed by atoms with Gasteiger partial charge in [0.1, 0.15) is 0 Å². The molecule has 4 nitrogen and oxygen atoms in total. The molecule has 0 aliphatic heterocycles. The zero-order chi connectivity index (χ0) is 16.3. The van der Waals surface area contributed by atoms with Crippen molar-refractivity contribution >= 4 is 27.4 Å². The van der Waals surface area contributed by atoms with Gasteiger partial charge < -0.3 is 4.74 Å². The molecule has 0 heterocycles. The number of rotatable bonds is 5. The Morgan fingerprint density at radius 3 is 2.68 bits per heavy atom. The molecule has 1 aromatic carbocycles. The molecule has 6 heteroatoms. The van der Waals surface area contributed by atoms with Crippen molar-refractivity contribution in [2.45, 2.75) is 42.9 Å². The van der Waals surface area contributed by atoms with E-state index in [0.717, 1.165) is 37.5 Å². The van der Waals surface area contributed by atoms with E-state index in [0.29, 0.717) is 18.3 Å². The highest BCUT2D eigenvalue weighted by Crippen LogP contribution is 2.43. The molecule has 0 spiro atoms. The molecule has 2 atom stereocenters. The van der Waals surface area contributed by atoms with Gasteiger partial charge in [0.25, 0.3) is 0 Å². The van der Waals surface area contributed by atoms with Gasteiger partial charge in [-0.05, 0) is 48.8 Å². The molecule has 0 N–H and O–H groups in total. The highest BCUT2D eigenvalue weighted by Gasteiger charge is 2.29. The molecule has 1 aliphatic carbocycles. The summed E-state index contributed by atoms with van der Waals surface area (Å²) in [4.78, 5) is 11.5. The summed E-state index contributed by atoms with van der Waals surface area (Å²) in [6.45, 7) is 0. The lowest BCUT2D eigenvalue weighted by Gasteiger charge is -2.20. The van der Waals surface area contributed by atoms with Crippen molar-refractivity contribution in [3.8, 4) is 0 Å². The number of halogens is 1. The van der Waals surface area contributed by atoms with Crippen LogP contribution in [0.2, 0.25) is 5.02 Å². The van der Waals surface area contributed by atoms with Gasteiger partial charge in [0.15, 0.2) is 9.84 Å². The average molecular weight is 345 g/mol. The summed E-state index contributed by atoms with van der Waals surface area (Å²) in [6.07, 6.45) is 5.60. The van der Waals surface area contributed by atoms with E-state index >= 15 is 0 Å². The molecule has 1 saturated carbocycles. The van der Waals surface area contributed by atoms with Gasteiger partial charge in [-0.15, -0.1) is 0 Å². The Kier molecular flexibility index (Phi) is 5.50. The topological polar surface area (TPSA) is 60.4 Å². The summed E-state index contributed by atoms with van der Waals surface area (Å²) in [5, 5.41) is 0.276. The summed E-state index contributed by atoms with van der Waals surface area (Å²) in [6, 6.07) is 5.20. The fourth-order valence-electron chi connectivity index (χ4n) is 3.27. The van der Waals surface area contributed by atoms with Gasteiger partial charge in [-0.2, -0.15) is 0 Å². The minimum absolute atomic E-state index is 0.169. The fraction of sp³-hybridized carbons (Fsp3) is 0.562. The Balaban J connectivity index is 2.16. The van der Waals surface area contributed by atoms with Crippen molar-refractivity contribution < 1.29 is 17.9 Å². The molecule has 1 aliphatic rings. The maximum absolute atomic E-state index is 11.6. The van der Waals surface area contributed by atoms with Crippen LogP contribution in [0.3, 0.4) is 0 Å². The van der Waals surface area contributed by atoms with Crippen LogP contribution in [0, 0.1) is 5.92 Å². The lowest BCUT2D eigenvalue weighted by atomic mass is 9.86. The van der Waals surface area contributed by atoms with Gasteiger partial charge in [-0.1, -0.05) is 24.1 Å². The number of carbonyl (C=O) groups is 1. The second-order valence-electron chi connectivity index (χ2n) is 5.87. The molecule has 0 radical (unpaired) electrons. The van der Waals surface area contributed by atoms with Crippen molar-refractivity contribution in [2.24, 2.45) is 5.92 Å². The van der Waals surface area contributed by atoms with Crippen LogP contribution >= 0.6 is 11.6 Å². The van der Waals surface area contributed by atoms with E-state index in [1.807, 2.05) is 6.07 Å². The molecule has 1 aromatic rings. The average Bonchev–Trinajstić information content (AvgIpc) is 2.91. The summed E-state index contributed by atoms with van der Waals surface area (Å²) in [5.41, 5.74) is 1.06. The summed E-state index contributed by atoms with van der Waals surface area (Å²) in [5.74, 6) is 0.561. The smallest absolute Gasteiger partial charge is 0.305 e. The number of methoxy groups -OCH3 is 1. The number of esters is 1. The standard InChI is InChI=1S/C16H21ClO4S/c1-21-16(18)9-7-11-4-3-5-13(11)12-6-8-15(14(17)10-12)22(2,19)20/h6,8,10-11,13H,3-5,7,9H2,1-2H3. The molecule has 0 saturated heterocycles. The van der Waals surface area contributed by atoms with Crippen molar-refractivity contribution in [2.75, 3.05) is 13.4 Å². The first-order chi connectivity index (χ1) is 10.3. The fourth-order valence-corrected chi connectivity index (χ4v) is 4.61. The molecule has 0 amide bonds. The van der Waals surface area contributed by atoms with E-state index < -0.39 is 9.84 Å². The lowest BCUT2D eigenvalue weighted by Crippen LogP contribution is -2.10. The second kappa shape index (κ2) is 7.01. The van der Waals surface area contributed by atoms with Crippen LogP contribution in [0.15, 0.2) is 23.1 Å². The quantitative estimate of drug-likeness (QED) is 0.766. The summed E-state index contributed by atoms with van der Waals surface area (Å²) >= 11 is 6.14. The molecule has 0 bridgehead atoms. The highest BCUT2D eigenvalue weighted by molar-refractivity contribution is 7.90. The van der Waals surface area contributed by atoms with Crippen molar-refractivity contribution in [1.82, 2.24) is 0 Å². The van der Waals surface area contributed by atoms with Crippen LogP contribution in [0.25, 0.3) is 0 Å². The van der Waals surface area contributed by atoms with Crippen molar-refractivity contribution in [3.05, 3.63) is 28.8 Å².